The zero-order valence-electron chi connectivity index (χ0n) is 20.7. The third-order valence-corrected chi connectivity index (χ3v) is 5.95. The molecule has 0 heterocycles. The molecular formula is C24H38N4O6S. The van der Waals surface area contributed by atoms with Gasteiger partial charge in [0.05, 0.1) is 6.10 Å². The second-order valence-corrected chi connectivity index (χ2v) is 9.87. The Labute approximate surface area is 210 Å². The molecule has 0 aliphatic rings. The Hall–Kier alpha value is -2.63. The first-order valence-electron chi connectivity index (χ1n) is 11.6. The number of carbonyl (C=O) groups excluding carboxylic acids is 3. The zero-order valence-corrected chi connectivity index (χ0v) is 21.5. The molecule has 10 nitrogen and oxygen atoms in total. The molecule has 11 heteroatoms. The van der Waals surface area contributed by atoms with Crippen molar-refractivity contribution >= 4 is 35.5 Å². The minimum atomic E-state index is -1.23. The van der Waals surface area contributed by atoms with Crippen LogP contribution in [0.15, 0.2) is 30.3 Å². The van der Waals surface area contributed by atoms with Crippen LogP contribution in [-0.4, -0.2) is 76.2 Å². The monoisotopic (exact) mass is 510 g/mol. The third kappa shape index (κ3) is 11.1. The van der Waals surface area contributed by atoms with Crippen molar-refractivity contribution in [3.05, 3.63) is 35.9 Å². The Morgan fingerprint density at radius 2 is 1.46 bits per heavy atom. The van der Waals surface area contributed by atoms with Gasteiger partial charge in [0, 0.05) is 6.42 Å². The van der Waals surface area contributed by atoms with Crippen molar-refractivity contribution in [3.63, 3.8) is 0 Å². The fraction of sp³-hybridized carbons (Fsp3) is 0.583. The first kappa shape index (κ1) is 30.4. The minimum absolute atomic E-state index is 0.0198. The van der Waals surface area contributed by atoms with Crippen LogP contribution in [0.2, 0.25) is 0 Å². The van der Waals surface area contributed by atoms with E-state index in [9.17, 15) is 29.4 Å². The number of aliphatic carboxylic acids is 1. The van der Waals surface area contributed by atoms with Crippen LogP contribution in [0.1, 0.15) is 39.2 Å². The number of thioether (sulfide) groups is 1. The first-order chi connectivity index (χ1) is 16.5. The summed E-state index contributed by atoms with van der Waals surface area (Å²) in [5.41, 5.74) is 6.49. The average molecular weight is 511 g/mol. The van der Waals surface area contributed by atoms with Gasteiger partial charge in [-0.2, -0.15) is 11.8 Å². The van der Waals surface area contributed by atoms with Gasteiger partial charge in [-0.3, -0.25) is 14.4 Å². The molecule has 1 aromatic rings. The summed E-state index contributed by atoms with van der Waals surface area (Å²) in [6.45, 7) is 5.12. The number of aliphatic hydroxyl groups excluding tert-OH is 1. The lowest BCUT2D eigenvalue weighted by atomic mass is 10.0. The van der Waals surface area contributed by atoms with Crippen LogP contribution in [0.4, 0.5) is 0 Å². The van der Waals surface area contributed by atoms with E-state index in [4.69, 9.17) is 5.73 Å². The SMILES string of the molecule is CSCCC(NC(=O)C(CC(C)C)NC(=O)C(Cc1ccccc1)NC(=O)C(N)C(C)O)C(=O)O. The summed E-state index contributed by atoms with van der Waals surface area (Å²) < 4.78 is 0. The van der Waals surface area contributed by atoms with E-state index in [0.29, 0.717) is 5.75 Å². The van der Waals surface area contributed by atoms with E-state index in [2.05, 4.69) is 16.0 Å². The largest absolute Gasteiger partial charge is 0.480 e. The number of aliphatic hydroxyl groups is 1. The van der Waals surface area contributed by atoms with E-state index in [1.54, 1.807) is 24.3 Å². The quantitative estimate of drug-likeness (QED) is 0.195. The average Bonchev–Trinajstić information content (AvgIpc) is 2.80. The lowest BCUT2D eigenvalue weighted by Gasteiger charge is -2.26. The molecule has 5 atom stereocenters. The number of carbonyl (C=O) groups is 4. The molecule has 0 radical (unpaired) electrons. The number of carboxylic acids is 1. The maximum Gasteiger partial charge on any atom is 0.326 e. The normalized spacial score (nSPS) is 15.4. The van der Waals surface area contributed by atoms with Gasteiger partial charge in [0.15, 0.2) is 0 Å². The topological polar surface area (TPSA) is 171 Å². The highest BCUT2D eigenvalue weighted by Crippen LogP contribution is 2.10. The standard InChI is InChI=1S/C24H38N4O6S/c1-14(2)12-18(21(30)26-17(24(33)34)10-11-35-4)27-22(31)19(13-16-8-6-5-7-9-16)28-23(32)20(25)15(3)29/h5-9,14-15,17-20,29H,10-13,25H2,1-4H3,(H,26,30)(H,27,31)(H,28,32)(H,33,34). The van der Waals surface area contributed by atoms with Crippen LogP contribution in [0.3, 0.4) is 0 Å². The second-order valence-electron chi connectivity index (χ2n) is 8.89. The number of carboxylic acid groups (broad SMARTS) is 1. The molecule has 0 aromatic heterocycles. The number of nitrogens with two attached hydrogens (primary N) is 1. The molecule has 0 aliphatic heterocycles. The Balaban J connectivity index is 3.08. The maximum atomic E-state index is 13.2. The first-order valence-corrected chi connectivity index (χ1v) is 13.0. The molecule has 0 spiro atoms. The molecule has 1 rings (SSSR count). The summed E-state index contributed by atoms with van der Waals surface area (Å²) >= 11 is 1.47. The van der Waals surface area contributed by atoms with Crippen molar-refractivity contribution in [1.82, 2.24) is 16.0 Å². The number of benzene rings is 1. The van der Waals surface area contributed by atoms with Crippen LogP contribution in [0, 0.1) is 5.92 Å². The van der Waals surface area contributed by atoms with Crippen molar-refractivity contribution in [3.8, 4) is 0 Å². The number of nitrogens with one attached hydrogen (secondary N) is 3. The summed E-state index contributed by atoms with van der Waals surface area (Å²) in [6.07, 6.45) is 1.36. The molecule has 196 valence electrons. The van der Waals surface area contributed by atoms with Gasteiger partial charge < -0.3 is 31.9 Å². The molecule has 0 saturated carbocycles. The van der Waals surface area contributed by atoms with Gasteiger partial charge in [0.1, 0.15) is 24.2 Å². The van der Waals surface area contributed by atoms with E-state index in [1.807, 2.05) is 26.2 Å². The second kappa shape index (κ2) is 15.4. The third-order valence-electron chi connectivity index (χ3n) is 5.30. The van der Waals surface area contributed by atoms with Crippen molar-refractivity contribution < 1.29 is 29.4 Å². The molecule has 3 amide bonds. The Morgan fingerprint density at radius 3 is 1.97 bits per heavy atom. The van der Waals surface area contributed by atoms with Gasteiger partial charge in [-0.15, -0.1) is 0 Å². The molecule has 0 saturated heterocycles. The molecule has 35 heavy (non-hydrogen) atoms. The summed E-state index contributed by atoms with van der Waals surface area (Å²) in [4.78, 5) is 50.2. The lowest BCUT2D eigenvalue weighted by molar-refractivity contribution is -0.142. The van der Waals surface area contributed by atoms with Crippen LogP contribution < -0.4 is 21.7 Å². The number of rotatable bonds is 15. The van der Waals surface area contributed by atoms with Crippen LogP contribution >= 0.6 is 11.8 Å². The number of hydrogen-bond acceptors (Lipinski definition) is 7. The van der Waals surface area contributed by atoms with E-state index >= 15 is 0 Å². The number of hydrogen-bond donors (Lipinski definition) is 6. The molecular weight excluding hydrogens is 472 g/mol. The fourth-order valence-corrected chi connectivity index (χ4v) is 3.76. The van der Waals surface area contributed by atoms with E-state index in [1.165, 1.54) is 18.7 Å². The predicted octanol–water partition coefficient (Wildman–Crippen LogP) is 0.275. The smallest absolute Gasteiger partial charge is 0.326 e. The minimum Gasteiger partial charge on any atom is -0.480 e. The van der Waals surface area contributed by atoms with Crippen molar-refractivity contribution in [2.24, 2.45) is 11.7 Å². The van der Waals surface area contributed by atoms with Crippen molar-refractivity contribution in [2.45, 2.75) is 70.3 Å². The summed E-state index contributed by atoms with van der Waals surface area (Å²) in [5, 5.41) is 26.9. The van der Waals surface area contributed by atoms with Gasteiger partial charge >= 0.3 is 5.97 Å². The van der Waals surface area contributed by atoms with Crippen molar-refractivity contribution in [2.75, 3.05) is 12.0 Å². The molecule has 0 aliphatic carbocycles. The molecule has 5 unspecified atom stereocenters. The molecule has 0 fully saturated rings. The van der Waals surface area contributed by atoms with Gasteiger partial charge in [-0.05, 0) is 43.3 Å². The summed E-state index contributed by atoms with van der Waals surface area (Å²) in [5.74, 6) is -2.51. The van der Waals surface area contributed by atoms with Crippen LogP contribution in [0.5, 0.6) is 0 Å². The van der Waals surface area contributed by atoms with Gasteiger partial charge in [-0.1, -0.05) is 44.2 Å². The molecule has 0 bridgehead atoms. The van der Waals surface area contributed by atoms with E-state index in [-0.39, 0.29) is 25.2 Å². The highest BCUT2D eigenvalue weighted by Gasteiger charge is 2.31. The Kier molecular flexibility index (Phi) is 13.4. The maximum absolute atomic E-state index is 13.2. The van der Waals surface area contributed by atoms with Gasteiger partial charge in [0.25, 0.3) is 0 Å². The fourth-order valence-electron chi connectivity index (χ4n) is 3.29. The molecule has 1 aromatic carbocycles. The highest BCUT2D eigenvalue weighted by atomic mass is 32.2. The van der Waals surface area contributed by atoms with Crippen LogP contribution in [0.25, 0.3) is 0 Å². The highest BCUT2D eigenvalue weighted by molar-refractivity contribution is 7.98. The number of amides is 3. The van der Waals surface area contributed by atoms with Gasteiger partial charge in [0.2, 0.25) is 17.7 Å². The van der Waals surface area contributed by atoms with Crippen molar-refractivity contribution in [1.29, 1.82) is 0 Å². The predicted molar refractivity (Wildman–Crippen MR) is 136 cm³/mol. The molecule has 7 N–H and O–H groups in total. The zero-order chi connectivity index (χ0) is 26.5. The lowest BCUT2D eigenvalue weighted by Crippen LogP contribution is -2.58. The Morgan fingerprint density at radius 1 is 0.914 bits per heavy atom. The Bertz CT molecular complexity index is 837. The van der Waals surface area contributed by atoms with Crippen LogP contribution in [-0.2, 0) is 25.6 Å². The summed E-state index contributed by atoms with van der Waals surface area (Å²) in [6, 6.07) is 4.62. The van der Waals surface area contributed by atoms with E-state index in [0.717, 1.165) is 5.56 Å². The van der Waals surface area contributed by atoms with E-state index < -0.39 is 54.0 Å². The van der Waals surface area contributed by atoms with Gasteiger partial charge in [-0.25, -0.2) is 4.79 Å². The summed E-state index contributed by atoms with van der Waals surface area (Å²) in [7, 11) is 0.